The number of nitrogens with zero attached hydrogens (tertiary/aromatic N) is 3. The molecule has 4 nitrogen and oxygen atoms in total. The van der Waals surface area contributed by atoms with Gasteiger partial charge in [0, 0.05) is 25.0 Å². The van der Waals surface area contributed by atoms with E-state index in [9.17, 15) is 0 Å². The summed E-state index contributed by atoms with van der Waals surface area (Å²) < 4.78 is 2.06. The van der Waals surface area contributed by atoms with Gasteiger partial charge in [-0.2, -0.15) is 0 Å². The standard InChI is InChI=1S/C15H24N4/c1-12(2)14(16)7-9-18(3)10-13-11-19-8-5-4-6-15(19)17-13/h4-6,8,11-12,14H,7,9-10,16H2,1-3H3. The van der Waals surface area contributed by atoms with Gasteiger partial charge in [0.25, 0.3) is 0 Å². The molecule has 0 aromatic carbocycles. The minimum atomic E-state index is 0.281. The van der Waals surface area contributed by atoms with Crippen LogP contribution < -0.4 is 5.73 Å². The predicted molar refractivity (Wildman–Crippen MR) is 79.0 cm³/mol. The van der Waals surface area contributed by atoms with Crippen LogP contribution in [-0.4, -0.2) is 33.9 Å². The summed E-state index contributed by atoms with van der Waals surface area (Å²) in [4.78, 5) is 6.89. The summed E-state index contributed by atoms with van der Waals surface area (Å²) in [5, 5.41) is 0. The van der Waals surface area contributed by atoms with Gasteiger partial charge in [-0.15, -0.1) is 0 Å². The first kappa shape index (κ1) is 14.0. The molecule has 2 heterocycles. The van der Waals surface area contributed by atoms with Crippen LogP contribution in [0.3, 0.4) is 0 Å². The summed E-state index contributed by atoms with van der Waals surface area (Å²) in [6, 6.07) is 6.34. The van der Waals surface area contributed by atoms with Crippen LogP contribution in [0.15, 0.2) is 30.6 Å². The second kappa shape index (κ2) is 6.17. The molecule has 2 aromatic heterocycles. The van der Waals surface area contributed by atoms with Crippen LogP contribution in [0.2, 0.25) is 0 Å². The summed E-state index contributed by atoms with van der Waals surface area (Å²) in [5.41, 5.74) is 8.18. The first-order chi connectivity index (χ1) is 9.06. The molecule has 2 N–H and O–H groups in total. The van der Waals surface area contributed by atoms with E-state index in [-0.39, 0.29) is 6.04 Å². The number of hydrogen-bond acceptors (Lipinski definition) is 3. The largest absolute Gasteiger partial charge is 0.327 e. The van der Waals surface area contributed by atoms with Crippen LogP contribution in [0, 0.1) is 5.92 Å². The zero-order chi connectivity index (χ0) is 13.8. The summed E-state index contributed by atoms with van der Waals surface area (Å²) in [7, 11) is 2.12. The van der Waals surface area contributed by atoms with E-state index in [4.69, 9.17) is 5.73 Å². The summed E-state index contributed by atoms with van der Waals surface area (Å²) >= 11 is 0. The molecule has 0 bridgehead atoms. The van der Waals surface area contributed by atoms with Gasteiger partial charge in [-0.1, -0.05) is 19.9 Å². The van der Waals surface area contributed by atoms with Crippen molar-refractivity contribution in [2.24, 2.45) is 11.7 Å². The van der Waals surface area contributed by atoms with Gasteiger partial charge in [-0.05, 0) is 38.1 Å². The van der Waals surface area contributed by atoms with Crippen LogP contribution in [0.4, 0.5) is 0 Å². The third kappa shape index (κ3) is 3.78. The van der Waals surface area contributed by atoms with Crippen molar-refractivity contribution in [3.8, 4) is 0 Å². The molecule has 1 unspecified atom stereocenters. The molecule has 0 fully saturated rings. The van der Waals surface area contributed by atoms with Crippen molar-refractivity contribution in [2.75, 3.05) is 13.6 Å². The maximum absolute atomic E-state index is 6.07. The Morgan fingerprint density at radius 1 is 1.37 bits per heavy atom. The van der Waals surface area contributed by atoms with Gasteiger partial charge in [0.15, 0.2) is 0 Å². The second-order valence-corrected chi connectivity index (χ2v) is 5.63. The highest BCUT2D eigenvalue weighted by atomic mass is 15.1. The number of aromatic nitrogens is 2. The first-order valence-electron chi connectivity index (χ1n) is 6.93. The molecule has 0 aliphatic heterocycles. The van der Waals surface area contributed by atoms with E-state index in [1.807, 2.05) is 24.4 Å². The van der Waals surface area contributed by atoms with Crippen LogP contribution in [0.5, 0.6) is 0 Å². The fraction of sp³-hybridized carbons (Fsp3) is 0.533. The predicted octanol–water partition coefficient (Wildman–Crippen LogP) is 2.14. The lowest BCUT2D eigenvalue weighted by atomic mass is 10.0. The Morgan fingerprint density at radius 3 is 2.84 bits per heavy atom. The first-order valence-corrected chi connectivity index (χ1v) is 6.93. The lowest BCUT2D eigenvalue weighted by Gasteiger charge is -2.20. The Balaban J connectivity index is 1.89. The molecule has 0 aliphatic carbocycles. The van der Waals surface area contributed by atoms with Gasteiger partial charge < -0.3 is 15.0 Å². The topological polar surface area (TPSA) is 46.6 Å². The molecule has 4 heteroatoms. The van der Waals surface area contributed by atoms with Gasteiger partial charge in [0.2, 0.25) is 0 Å². The van der Waals surface area contributed by atoms with Crippen LogP contribution >= 0.6 is 0 Å². The van der Waals surface area contributed by atoms with Crippen LogP contribution in [0.25, 0.3) is 5.65 Å². The van der Waals surface area contributed by atoms with E-state index >= 15 is 0 Å². The lowest BCUT2D eigenvalue weighted by molar-refractivity contribution is 0.294. The quantitative estimate of drug-likeness (QED) is 0.865. The van der Waals surface area contributed by atoms with Crippen LogP contribution in [-0.2, 0) is 6.54 Å². The third-order valence-corrected chi connectivity index (χ3v) is 3.55. The normalized spacial score (nSPS) is 13.6. The smallest absolute Gasteiger partial charge is 0.137 e. The highest BCUT2D eigenvalue weighted by Crippen LogP contribution is 2.08. The number of imidazole rings is 1. The Bertz CT molecular complexity index is 485. The van der Waals surface area contributed by atoms with Crippen molar-refractivity contribution in [3.05, 3.63) is 36.3 Å². The zero-order valence-electron chi connectivity index (χ0n) is 12.1. The molecule has 0 aliphatic rings. The van der Waals surface area contributed by atoms with E-state index in [0.29, 0.717) is 5.92 Å². The van der Waals surface area contributed by atoms with E-state index in [1.54, 1.807) is 0 Å². The molecular formula is C15H24N4. The number of rotatable bonds is 6. The van der Waals surface area contributed by atoms with E-state index in [1.165, 1.54) is 0 Å². The molecule has 0 spiro atoms. The maximum Gasteiger partial charge on any atom is 0.137 e. The number of fused-ring (bicyclic) bond motifs is 1. The molecular weight excluding hydrogens is 236 g/mol. The molecule has 104 valence electrons. The minimum Gasteiger partial charge on any atom is -0.327 e. The molecule has 2 rings (SSSR count). The third-order valence-electron chi connectivity index (χ3n) is 3.55. The van der Waals surface area contributed by atoms with Crippen molar-refractivity contribution in [3.63, 3.8) is 0 Å². The van der Waals surface area contributed by atoms with Crippen molar-refractivity contribution >= 4 is 5.65 Å². The zero-order valence-corrected chi connectivity index (χ0v) is 12.1. The van der Waals surface area contributed by atoms with Gasteiger partial charge in [0.1, 0.15) is 5.65 Å². The summed E-state index contributed by atoms with van der Waals surface area (Å²) in [5.74, 6) is 0.545. The van der Waals surface area contributed by atoms with Crippen LogP contribution in [0.1, 0.15) is 26.0 Å². The van der Waals surface area contributed by atoms with Gasteiger partial charge in [-0.25, -0.2) is 4.98 Å². The molecule has 2 aromatic rings. The molecule has 0 amide bonds. The van der Waals surface area contributed by atoms with E-state index < -0.39 is 0 Å². The monoisotopic (exact) mass is 260 g/mol. The molecule has 0 saturated carbocycles. The fourth-order valence-corrected chi connectivity index (χ4v) is 2.12. The number of nitrogens with two attached hydrogens (primary N) is 1. The van der Waals surface area contributed by atoms with Crippen molar-refractivity contribution in [1.82, 2.24) is 14.3 Å². The summed E-state index contributed by atoms with van der Waals surface area (Å²) in [6.45, 7) is 6.22. The van der Waals surface area contributed by atoms with E-state index in [0.717, 1.165) is 30.9 Å². The Morgan fingerprint density at radius 2 is 2.16 bits per heavy atom. The average Bonchev–Trinajstić information content (AvgIpc) is 2.77. The summed E-state index contributed by atoms with van der Waals surface area (Å²) in [6.07, 6.45) is 5.15. The van der Waals surface area contributed by atoms with Crippen molar-refractivity contribution in [1.29, 1.82) is 0 Å². The molecule has 19 heavy (non-hydrogen) atoms. The second-order valence-electron chi connectivity index (χ2n) is 5.63. The number of hydrogen-bond donors (Lipinski definition) is 1. The lowest BCUT2D eigenvalue weighted by Crippen LogP contribution is -2.31. The number of pyridine rings is 1. The van der Waals surface area contributed by atoms with Gasteiger partial charge in [-0.3, -0.25) is 0 Å². The highest BCUT2D eigenvalue weighted by Gasteiger charge is 2.10. The minimum absolute atomic E-state index is 0.281. The molecule has 1 atom stereocenters. The SMILES string of the molecule is CC(C)C(N)CCN(C)Cc1cn2ccccc2n1. The van der Waals surface area contributed by atoms with Gasteiger partial charge >= 0.3 is 0 Å². The Hall–Kier alpha value is -1.39. The molecule has 0 saturated heterocycles. The Kier molecular flexibility index (Phi) is 4.56. The Labute approximate surface area is 115 Å². The fourth-order valence-electron chi connectivity index (χ4n) is 2.12. The average molecular weight is 260 g/mol. The van der Waals surface area contributed by atoms with E-state index in [2.05, 4.69) is 41.4 Å². The van der Waals surface area contributed by atoms with Gasteiger partial charge in [0.05, 0.1) is 5.69 Å². The van der Waals surface area contributed by atoms with Crippen molar-refractivity contribution in [2.45, 2.75) is 32.9 Å². The maximum atomic E-state index is 6.07. The van der Waals surface area contributed by atoms with Crippen molar-refractivity contribution < 1.29 is 0 Å². The molecule has 0 radical (unpaired) electrons. The highest BCUT2D eigenvalue weighted by molar-refractivity contribution is 5.39.